The van der Waals surface area contributed by atoms with Crippen LogP contribution in [0, 0.1) is 0 Å². The molecule has 0 amide bonds. The van der Waals surface area contributed by atoms with Gasteiger partial charge in [0.1, 0.15) is 0 Å². The van der Waals surface area contributed by atoms with E-state index in [1.807, 2.05) is 5.38 Å². The first-order chi connectivity index (χ1) is 5.86. The predicted octanol–water partition coefficient (Wildman–Crippen LogP) is 0.200. The summed E-state index contributed by atoms with van der Waals surface area (Å²) >= 11 is 1.50. The van der Waals surface area contributed by atoms with Crippen LogP contribution in [-0.2, 0) is 6.54 Å². The van der Waals surface area contributed by atoms with E-state index < -0.39 is 0 Å². The molecule has 0 radical (unpaired) electrons. The molecule has 0 spiro atoms. The van der Waals surface area contributed by atoms with Gasteiger partial charge in [0.05, 0.1) is 12.8 Å². The van der Waals surface area contributed by atoms with Crippen molar-refractivity contribution in [2.45, 2.75) is 6.54 Å². The van der Waals surface area contributed by atoms with Crippen molar-refractivity contribution in [1.82, 2.24) is 10.3 Å². The Morgan fingerprint density at radius 3 is 3.17 bits per heavy atom. The molecule has 3 N–H and O–H groups in total. The zero-order valence-corrected chi connectivity index (χ0v) is 7.86. The van der Waals surface area contributed by atoms with Crippen molar-refractivity contribution in [2.75, 3.05) is 20.2 Å². The monoisotopic (exact) mass is 187 g/mol. The molecule has 1 rings (SSSR count). The highest BCUT2D eigenvalue weighted by molar-refractivity contribution is 7.11. The first-order valence-corrected chi connectivity index (χ1v) is 4.64. The number of hydrogen-bond acceptors (Lipinski definition) is 5. The molecule has 0 atom stereocenters. The molecule has 0 bridgehead atoms. The van der Waals surface area contributed by atoms with Crippen LogP contribution < -0.4 is 15.8 Å². The van der Waals surface area contributed by atoms with Crippen molar-refractivity contribution >= 4 is 11.3 Å². The Hall–Kier alpha value is -0.650. The van der Waals surface area contributed by atoms with Crippen LogP contribution in [0.25, 0.3) is 0 Å². The molecule has 0 saturated heterocycles. The minimum Gasteiger partial charge on any atom is -0.473 e. The molecule has 5 heteroatoms. The Labute approximate surface area is 75.8 Å². The predicted molar refractivity (Wildman–Crippen MR) is 49.4 cm³/mol. The normalized spacial score (nSPS) is 10.2. The average Bonchev–Trinajstić information content (AvgIpc) is 2.53. The van der Waals surface area contributed by atoms with Crippen LogP contribution in [0.3, 0.4) is 0 Å². The smallest absolute Gasteiger partial charge is 0.273 e. The van der Waals surface area contributed by atoms with E-state index in [0.717, 1.165) is 18.8 Å². The van der Waals surface area contributed by atoms with Gasteiger partial charge in [0.25, 0.3) is 5.19 Å². The first kappa shape index (κ1) is 9.44. The number of methoxy groups -OCH3 is 1. The highest BCUT2D eigenvalue weighted by atomic mass is 32.1. The molecule has 0 aliphatic heterocycles. The van der Waals surface area contributed by atoms with Crippen molar-refractivity contribution in [3.63, 3.8) is 0 Å². The van der Waals surface area contributed by atoms with E-state index in [9.17, 15) is 0 Å². The van der Waals surface area contributed by atoms with Gasteiger partial charge in [-0.1, -0.05) is 11.3 Å². The zero-order chi connectivity index (χ0) is 8.81. The quantitative estimate of drug-likeness (QED) is 0.646. The summed E-state index contributed by atoms with van der Waals surface area (Å²) < 4.78 is 4.96. The average molecular weight is 187 g/mol. The first-order valence-electron chi connectivity index (χ1n) is 3.76. The molecular formula is C7H13N3OS. The fourth-order valence-corrected chi connectivity index (χ4v) is 1.42. The molecule has 0 aromatic carbocycles. The molecule has 0 unspecified atom stereocenters. The van der Waals surface area contributed by atoms with Gasteiger partial charge in [0, 0.05) is 25.0 Å². The van der Waals surface area contributed by atoms with Crippen LogP contribution in [0.4, 0.5) is 0 Å². The lowest BCUT2D eigenvalue weighted by atomic mass is 10.5. The molecule has 1 aromatic rings. The van der Waals surface area contributed by atoms with E-state index in [4.69, 9.17) is 10.5 Å². The second-order valence-electron chi connectivity index (χ2n) is 2.27. The summed E-state index contributed by atoms with van der Waals surface area (Å²) in [7, 11) is 1.62. The van der Waals surface area contributed by atoms with Crippen LogP contribution in [0.5, 0.6) is 5.19 Å². The summed E-state index contributed by atoms with van der Waals surface area (Å²) in [5.74, 6) is 0. The van der Waals surface area contributed by atoms with E-state index >= 15 is 0 Å². The highest BCUT2D eigenvalue weighted by Crippen LogP contribution is 2.16. The molecule has 1 heterocycles. The van der Waals surface area contributed by atoms with Gasteiger partial charge in [-0.05, 0) is 0 Å². The van der Waals surface area contributed by atoms with Crippen molar-refractivity contribution in [3.8, 4) is 5.19 Å². The summed E-state index contributed by atoms with van der Waals surface area (Å²) in [5.41, 5.74) is 6.32. The second kappa shape index (κ2) is 5.08. The highest BCUT2D eigenvalue weighted by Gasteiger charge is 1.99. The van der Waals surface area contributed by atoms with Gasteiger partial charge in [0.15, 0.2) is 0 Å². The molecule has 12 heavy (non-hydrogen) atoms. The Kier molecular flexibility index (Phi) is 3.99. The molecule has 4 nitrogen and oxygen atoms in total. The van der Waals surface area contributed by atoms with Gasteiger partial charge >= 0.3 is 0 Å². The van der Waals surface area contributed by atoms with Gasteiger partial charge in [-0.3, -0.25) is 0 Å². The Balaban J connectivity index is 2.31. The fraction of sp³-hybridized carbons (Fsp3) is 0.571. The number of hydrogen-bond donors (Lipinski definition) is 2. The maximum absolute atomic E-state index is 5.32. The number of aromatic nitrogens is 1. The summed E-state index contributed by atoms with van der Waals surface area (Å²) in [6, 6.07) is 0. The minimum absolute atomic E-state index is 0.654. The standard InChI is InChI=1S/C7H13N3OS/c1-11-7-10-6(5-12-7)4-9-3-2-8/h5,9H,2-4,8H2,1H3. The fourth-order valence-electron chi connectivity index (χ4n) is 0.782. The SMILES string of the molecule is COc1nc(CNCCN)cs1. The van der Waals surface area contributed by atoms with Crippen LogP contribution in [0.15, 0.2) is 5.38 Å². The van der Waals surface area contributed by atoms with E-state index in [2.05, 4.69) is 10.3 Å². The molecule has 0 saturated carbocycles. The third-order valence-corrected chi connectivity index (χ3v) is 2.18. The minimum atomic E-state index is 0.654. The number of nitrogens with zero attached hydrogens (tertiary/aromatic N) is 1. The van der Waals surface area contributed by atoms with Crippen molar-refractivity contribution < 1.29 is 4.74 Å². The van der Waals surface area contributed by atoms with Crippen LogP contribution >= 0.6 is 11.3 Å². The Morgan fingerprint density at radius 2 is 2.58 bits per heavy atom. The molecule has 0 aliphatic rings. The van der Waals surface area contributed by atoms with E-state index in [1.54, 1.807) is 7.11 Å². The van der Waals surface area contributed by atoms with Crippen LogP contribution in [0.2, 0.25) is 0 Å². The third kappa shape index (κ3) is 2.77. The molecule has 1 aromatic heterocycles. The number of ether oxygens (including phenoxy) is 1. The van der Waals surface area contributed by atoms with Gasteiger partial charge in [-0.2, -0.15) is 0 Å². The van der Waals surface area contributed by atoms with Crippen LogP contribution in [-0.4, -0.2) is 25.2 Å². The lowest BCUT2D eigenvalue weighted by Crippen LogP contribution is -2.21. The zero-order valence-electron chi connectivity index (χ0n) is 7.04. The Morgan fingerprint density at radius 1 is 1.75 bits per heavy atom. The Bertz CT molecular complexity index is 226. The molecular weight excluding hydrogens is 174 g/mol. The van der Waals surface area contributed by atoms with Crippen molar-refractivity contribution in [1.29, 1.82) is 0 Å². The summed E-state index contributed by atoms with van der Waals surface area (Å²) in [5, 5.41) is 5.83. The molecule has 0 aliphatic carbocycles. The van der Waals surface area contributed by atoms with E-state index in [-0.39, 0.29) is 0 Å². The largest absolute Gasteiger partial charge is 0.473 e. The van der Waals surface area contributed by atoms with Gasteiger partial charge < -0.3 is 15.8 Å². The summed E-state index contributed by atoms with van der Waals surface area (Å²) in [6.45, 7) is 2.23. The van der Waals surface area contributed by atoms with E-state index in [1.165, 1.54) is 11.3 Å². The van der Waals surface area contributed by atoms with Crippen molar-refractivity contribution in [3.05, 3.63) is 11.1 Å². The summed E-state index contributed by atoms with van der Waals surface area (Å²) in [6.07, 6.45) is 0. The maximum atomic E-state index is 5.32. The molecule has 68 valence electrons. The number of nitrogens with one attached hydrogen (secondary N) is 1. The van der Waals surface area contributed by atoms with Gasteiger partial charge in [-0.25, -0.2) is 4.98 Å². The molecule has 0 fully saturated rings. The lowest BCUT2D eigenvalue weighted by Gasteiger charge is -1.97. The number of nitrogens with two attached hydrogens (primary N) is 1. The van der Waals surface area contributed by atoms with Crippen LogP contribution in [0.1, 0.15) is 5.69 Å². The summed E-state index contributed by atoms with van der Waals surface area (Å²) in [4.78, 5) is 4.19. The van der Waals surface area contributed by atoms with Gasteiger partial charge in [-0.15, -0.1) is 0 Å². The number of rotatable bonds is 5. The van der Waals surface area contributed by atoms with E-state index in [0.29, 0.717) is 11.7 Å². The topological polar surface area (TPSA) is 60.2 Å². The number of thiazole rings is 1. The second-order valence-corrected chi connectivity index (χ2v) is 3.09. The third-order valence-electron chi connectivity index (χ3n) is 1.33. The van der Waals surface area contributed by atoms with Crippen molar-refractivity contribution in [2.24, 2.45) is 5.73 Å². The lowest BCUT2D eigenvalue weighted by molar-refractivity contribution is 0.410. The maximum Gasteiger partial charge on any atom is 0.273 e. The van der Waals surface area contributed by atoms with Gasteiger partial charge in [0.2, 0.25) is 0 Å².